The van der Waals surface area contributed by atoms with Gasteiger partial charge in [-0.25, -0.2) is 0 Å². The largest absolute Gasteiger partial charge is 0.355 e. The first-order chi connectivity index (χ1) is 9.16. The number of thiophene rings is 1. The van der Waals surface area contributed by atoms with E-state index in [0.29, 0.717) is 19.6 Å². The summed E-state index contributed by atoms with van der Waals surface area (Å²) >= 11 is 1.72. The maximum atomic E-state index is 12.0. The van der Waals surface area contributed by atoms with E-state index in [2.05, 4.69) is 16.8 Å². The third-order valence-electron chi connectivity index (χ3n) is 3.56. The van der Waals surface area contributed by atoms with Crippen molar-refractivity contribution in [3.05, 3.63) is 22.4 Å². The zero-order valence-electron chi connectivity index (χ0n) is 11.2. The van der Waals surface area contributed by atoms with Gasteiger partial charge in [0.2, 0.25) is 11.8 Å². The van der Waals surface area contributed by atoms with Crippen LogP contribution in [0.5, 0.6) is 0 Å². The maximum absolute atomic E-state index is 12.0. The van der Waals surface area contributed by atoms with Gasteiger partial charge in [0.1, 0.15) is 0 Å². The van der Waals surface area contributed by atoms with E-state index in [1.54, 1.807) is 18.3 Å². The smallest absolute Gasteiger partial charge is 0.223 e. The summed E-state index contributed by atoms with van der Waals surface area (Å²) in [7, 11) is 0. The maximum Gasteiger partial charge on any atom is 0.223 e. The second kappa shape index (κ2) is 6.70. The standard InChI is InChI=1S/C14H20N2O2S/c1-11(17)16-8-5-12(6-9-16)14(18)15-7-4-13-3-2-10-19-13/h2-3,10,12H,4-9H2,1H3,(H,15,18). The van der Waals surface area contributed by atoms with Crippen molar-refractivity contribution in [1.29, 1.82) is 0 Å². The van der Waals surface area contributed by atoms with Crippen LogP contribution in [0.4, 0.5) is 0 Å². The highest BCUT2D eigenvalue weighted by molar-refractivity contribution is 7.09. The second-order valence-corrected chi connectivity index (χ2v) is 5.93. The van der Waals surface area contributed by atoms with E-state index in [1.807, 2.05) is 11.0 Å². The molecule has 1 aliphatic rings. The molecule has 5 heteroatoms. The van der Waals surface area contributed by atoms with E-state index in [-0.39, 0.29) is 17.7 Å². The number of carbonyl (C=O) groups excluding carboxylic acids is 2. The SMILES string of the molecule is CC(=O)N1CCC(C(=O)NCCc2cccs2)CC1. The van der Waals surface area contributed by atoms with Crippen LogP contribution in [0.2, 0.25) is 0 Å². The van der Waals surface area contributed by atoms with Crippen LogP contribution >= 0.6 is 11.3 Å². The molecule has 0 bridgehead atoms. The number of nitrogens with one attached hydrogen (secondary N) is 1. The monoisotopic (exact) mass is 280 g/mol. The van der Waals surface area contributed by atoms with E-state index >= 15 is 0 Å². The molecule has 1 aliphatic heterocycles. The molecular formula is C14H20N2O2S. The number of piperidine rings is 1. The van der Waals surface area contributed by atoms with Gasteiger partial charge in [-0.3, -0.25) is 9.59 Å². The van der Waals surface area contributed by atoms with Gasteiger partial charge in [0, 0.05) is 37.4 Å². The lowest BCUT2D eigenvalue weighted by molar-refractivity contribution is -0.133. The fraction of sp³-hybridized carbons (Fsp3) is 0.571. The van der Waals surface area contributed by atoms with Crippen LogP contribution in [0.15, 0.2) is 17.5 Å². The van der Waals surface area contributed by atoms with Gasteiger partial charge in [-0.15, -0.1) is 11.3 Å². The minimum Gasteiger partial charge on any atom is -0.355 e. The normalized spacial score (nSPS) is 16.4. The molecule has 0 aromatic carbocycles. The van der Waals surface area contributed by atoms with E-state index in [9.17, 15) is 9.59 Å². The number of hydrogen-bond donors (Lipinski definition) is 1. The zero-order valence-corrected chi connectivity index (χ0v) is 12.0. The fourth-order valence-electron chi connectivity index (χ4n) is 2.36. The third kappa shape index (κ3) is 4.06. The fourth-order valence-corrected chi connectivity index (χ4v) is 3.07. The summed E-state index contributed by atoms with van der Waals surface area (Å²) < 4.78 is 0. The molecule has 2 heterocycles. The predicted molar refractivity (Wildman–Crippen MR) is 76.0 cm³/mol. The molecule has 1 aromatic heterocycles. The molecule has 1 fully saturated rings. The Morgan fingerprint density at radius 3 is 2.74 bits per heavy atom. The Balaban J connectivity index is 1.68. The Bertz CT molecular complexity index is 423. The lowest BCUT2D eigenvalue weighted by atomic mass is 9.96. The van der Waals surface area contributed by atoms with Gasteiger partial charge in [-0.05, 0) is 30.7 Å². The van der Waals surface area contributed by atoms with Gasteiger partial charge >= 0.3 is 0 Å². The Morgan fingerprint density at radius 2 is 2.16 bits per heavy atom. The molecular weight excluding hydrogens is 260 g/mol. The van der Waals surface area contributed by atoms with Crippen LogP contribution in [0.3, 0.4) is 0 Å². The third-order valence-corrected chi connectivity index (χ3v) is 4.50. The van der Waals surface area contributed by atoms with Crippen molar-refractivity contribution in [3.8, 4) is 0 Å². The molecule has 1 N–H and O–H groups in total. The molecule has 0 aliphatic carbocycles. The minimum atomic E-state index is 0.0685. The molecule has 2 amide bonds. The summed E-state index contributed by atoms with van der Waals surface area (Å²) in [6.45, 7) is 3.70. The number of amides is 2. The van der Waals surface area contributed by atoms with Gasteiger partial charge in [-0.2, -0.15) is 0 Å². The summed E-state index contributed by atoms with van der Waals surface area (Å²) in [5, 5.41) is 5.05. The average Bonchev–Trinajstić information content (AvgIpc) is 2.92. The van der Waals surface area contributed by atoms with E-state index in [0.717, 1.165) is 19.3 Å². The summed E-state index contributed by atoms with van der Waals surface area (Å²) in [5.41, 5.74) is 0. The second-order valence-electron chi connectivity index (χ2n) is 4.90. The molecule has 0 saturated carbocycles. The molecule has 4 nitrogen and oxygen atoms in total. The topological polar surface area (TPSA) is 49.4 Å². The van der Waals surface area contributed by atoms with Crippen molar-refractivity contribution in [1.82, 2.24) is 10.2 Å². The van der Waals surface area contributed by atoms with Gasteiger partial charge in [0.25, 0.3) is 0 Å². The Labute approximate surface area is 117 Å². The quantitative estimate of drug-likeness (QED) is 0.912. The minimum absolute atomic E-state index is 0.0685. The molecule has 104 valence electrons. The summed E-state index contributed by atoms with van der Waals surface area (Å²) in [6, 6.07) is 4.11. The summed E-state index contributed by atoms with van der Waals surface area (Å²) in [4.78, 5) is 26.3. The van der Waals surface area contributed by atoms with Gasteiger partial charge < -0.3 is 10.2 Å². The van der Waals surface area contributed by atoms with Crippen molar-refractivity contribution >= 4 is 23.2 Å². The number of likely N-dealkylation sites (tertiary alicyclic amines) is 1. The highest BCUT2D eigenvalue weighted by Gasteiger charge is 2.25. The first-order valence-corrected chi connectivity index (χ1v) is 7.60. The van der Waals surface area contributed by atoms with Crippen molar-refractivity contribution in [3.63, 3.8) is 0 Å². The van der Waals surface area contributed by atoms with Gasteiger partial charge in [-0.1, -0.05) is 6.07 Å². The summed E-state index contributed by atoms with van der Waals surface area (Å²) in [6.07, 6.45) is 2.46. The van der Waals surface area contributed by atoms with E-state index in [4.69, 9.17) is 0 Å². The Morgan fingerprint density at radius 1 is 1.42 bits per heavy atom. The lowest BCUT2D eigenvalue weighted by Gasteiger charge is -2.30. The average molecular weight is 280 g/mol. The zero-order chi connectivity index (χ0) is 13.7. The first kappa shape index (κ1) is 14.1. The van der Waals surface area contributed by atoms with Crippen LogP contribution in [0.1, 0.15) is 24.6 Å². The Hall–Kier alpha value is -1.36. The molecule has 19 heavy (non-hydrogen) atoms. The lowest BCUT2D eigenvalue weighted by Crippen LogP contribution is -2.42. The number of rotatable bonds is 4. The van der Waals surface area contributed by atoms with E-state index < -0.39 is 0 Å². The van der Waals surface area contributed by atoms with Crippen molar-refractivity contribution in [2.45, 2.75) is 26.2 Å². The Kier molecular flexibility index (Phi) is 4.96. The van der Waals surface area contributed by atoms with Gasteiger partial charge in [0.05, 0.1) is 0 Å². The molecule has 1 aromatic rings. The summed E-state index contributed by atoms with van der Waals surface area (Å²) in [5.74, 6) is 0.315. The van der Waals surface area contributed by atoms with Crippen molar-refractivity contribution in [2.75, 3.05) is 19.6 Å². The van der Waals surface area contributed by atoms with E-state index in [1.165, 1.54) is 4.88 Å². The van der Waals surface area contributed by atoms with Gasteiger partial charge in [0.15, 0.2) is 0 Å². The van der Waals surface area contributed by atoms with Crippen molar-refractivity contribution < 1.29 is 9.59 Å². The number of carbonyl (C=O) groups is 2. The van der Waals surface area contributed by atoms with Crippen LogP contribution in [0.25, 0.3) is 0 Å². The number of nitrogens with zero attached hydrogens (tertiary/aromatic N) is 1. The molecule has 2 rings (SSSR count). The molecule has 0 unspecified atom stereocenters. The molecule has 0 atom stereocenters. The van der Waals surface area contributed by atoms with Crippen LogP contribution < -0.4 is 5.32 Å². The molecule has 0 radical (unpaired) electrons. The van der Waals surface area contributed by atoms with Crippen LogP contribution in [0, 0.1) is 5.92 Å². The highest BCUT2D eigenvalue weighted by Crippen LogP contribution is 2.17. The predicted octanol–water partition coefficient (Wildman–Crippen LogP) is 1.67. The first-order valence-electron chi connectivity index (χ1n) is 6.72. The number of hydrogen-bond acceptors (Lipinski definition) is 3. The van der Waals surface area contributed by atoms with Crippen LogP contribution in [-0.4, -0.2) is 36.3 Å². The molecule has 1 saturated heterocycles. The molecule has 0 spiro atoms. The highest BCUT2D eigenvalue weighted by atomic mass is 32.1. The van der Waals surface area contributed by atoms with Crippen molar-refractivity contribution in [2.24, 2.45) is 5.92 Å². The van der Waals surface area contributed by atoms with Crippen LogP contribution in [-0.2, 0) is 16.0 Å².